The third-order valence-electron chi connectivity index (χ3n) is 3.14. The van der Waals surface area contributed by atoms with Crippen molar-refractivity contribution in [2.45, 2.75) is 87.9 Å². The molecule has 0 fully saturated rings. The summed E-state index contributed by atoms with van der Waals surface area (Å²) in [6.45, 7) is 8.88. The number of hydrogen-bond donors (Lipinski definition) is 0. The molecule has 0 heterocycles. The molecule has 0 spiro atoms. The average molecular weight is 439 g/mol. The van der Waals surface area contributed by atoms with Gasteiger partial charge >= 0.3 is 69.5 Å². The standard InChI is InChI=1S/C9H19OS2.2C4H9.Sn/c1-3-5-7-12(9(10)11)8-6-4-2;2*1-3-4-2;/h3-8H2,1-2H3,(H,10,11);2*1,3-4H2,2H3;/q-1;;;+2/p-1. The van der Waals surface area contributed by atoms with Gasteiger partial charge < -0.3 is 16.0 Å². The Hall–Kier alpha value is 1.04. The summed E-state index contributed by atoms with van der Waals surface area (Å²) >= 11 is 4.85. The van der Waals surface area contributed by atoms with Crippen molar-refractivity contribution in [1.82, 2.24) is 0 Å². The van der Waals surface area contributed by atoms with Crippen LogP contribution in [0.4, 0.5) is 0 Å². The van der Waals surface area contributed by atoms with Gasteiger partial charge in [0.1, 0.15) is 0 Å². The number of hydrogen-bond acceptors (Lipinski definition) is 3. The van der Waals surface area contributed by atoms with Crippen molar-refractivity contribution >= 4 is 48.6 Å². The van der Waals surface area contributed by atoms with E-state index in [1.54, 1.807) is 8.87 Å². The Kier molecular flexibility index (Phi) is 24.3. The molecule has 0 aliphatic carbocycles. The zero-order valence-corrected chi connectivity index (χ0v) is 19.2. The summed E-state index contributed by atoms with van der Waals surface area (Å²) in [5.74, 6) is 2.05. The van der Waals surface area contributed by atoms with Gasteiger partial charge in [-0.1, -0.05) is 39.5 Å². The molecular weight excluding hydrogens is 403 g/mol. The number of rotatable bonds is 12. The van der Waals surface area contributed by atoms with E-state index in [-0.39, 0.29) is 36.4 Å². The first-order valence-corrected chi connectivity index (χ1v) is 14.7. The fourth-order valence-corrected chi connectivity index (χ4v) is 8.10. The first-order chi connectivity index (χ1) is 10.1. The van der Waals surface area contributed by atoms with E-state index in [2.05, 4.69) is 27.7 Å². The van der Waals surface area contributed by atoms with E-state index >= 15 is 0 Å². The predicted molar refractivity (Wildman–Crippen MR) is 105 cm³/mol. The van der Waals surface area contributed by atoms with Gasteiger partial charge in [0.15, 0.2) is 0 Å². The second kappa shape index (κ2) is 21.0. The molecule has 1 nitrogen and oxygen atoms in total. The van der Waals surface area contributed by atoms with Crippen LogP contribution in [-0.2, 0) is 10.9 Å². The molecule has 0 aromatic rings. The van der Waals surface area contributed by atoms with Crippen LogP contribution in [-0.4, -0.2) is 37.0 Å². The Morgan fingerprint density at radius 2 is 1.19 bits per heavy atom. The molecule has 0 radical (unpaired) electrons. The zero-order chi connectivity index (χ0) is 16.3. The monoisotopic (exact) mass is 440 g/mol. The van der Waals surface area contributed by atoms with Crippen LogP contribution in [0.15, 0.2) is 0 Å². The van der Waals surface area contributed by atoms with Crippen LogP contribution in [0.5, 0.6) is 0 Å². The minimum atomic E-state index is -0.100. The summed E-state index contributed by atoms with van der Waals surface area (Å²) in [6.07, 6.45) is 10.5. The summed E-state index contributed by atoms with van der Waals surface area (Å²) in [5, 5.41) is 11.0. The van der Waals surface area contributed by atoms with Gasteiger partial charge in [-0.2, -0.15) is 4.38 Å². The molecule has 0 aromatic carbocycles. The van der Waals surface area contributed by atoms with E-state index in [4.69, 9.17) is 12.2 Å². The summed E-state index contributed by atoms with van der Waals surface area (Å²) in [7, 11) is -0.100. The van der Waals surface area contributed by atoms with Gasteiger partial charge in [-0.05, 0) is 0 Å². The third kappa shape index (κ3) is 21.0. The van der Waals surface area contributed by atoms with Gasteiger partial charge in [0, 0.05) is 0 Å². The van der Waals surface area contributed by atoms with Crippen molar-refractivity contribution in [3.63, 3.8) is 0 Å². The Bertz CT molecular complexity index is 199. The minimum absolute atomic E-state index is 0.00287. The molecule has 21 heavy (non-hydrogen) atoms. The molecule has 0 aliphatic rings. The van der Waals surface area contributed by atoms with Gasteiger partial charge in [0.05, 0.1) is 0 Å². The first kappa shape index (κ1) is 24.3. The first-order valence-electron chi connectivity index (χ1n) is 8.73. The Balaban J connectivity index is 0. The van der Waals surface area contributed by atoms with Crippen LogP contribution >= 0.6 is 12.2 Å². The van der Waals surface area contributed by atoms with Crippen molar-refractivity contribution < 1.29 is 5.11 Å². The van der Waals surface area contributed by atoms with E-state index in [0.717, 1.165) is 37.2 Å². The van der Waals surface area contributed by atoms with Crippen molar-refractivity contribution in [2.24, 2.45) is 0 Å². The van der Waals surface area contributed by atoms with Crippen molar-refractivity contribution in [3.05, 3.63) is 0 Å². The topological polar surface area (TPSA) is 23.1 Å². The molecule has 0 unspecified atom stereocenters. The molecule has 0 saturated carbocycles. The molecule has 0 rings (SSSR count). The van der Waals surface area contributed by atoms with E-state index in [1.165, 1.54) is 25.7 Å². The van der Waals surface area contributed by atoms with E-state index in [1.807, 2.05) is 0 Å². The molecule has 0 saturated heterocycles. The molecule has 0 bridgehead atoms. The SMILES string of the molecule is CCCC[S-](CCCC)C([O-])=S.CCC[CH2][Sn+2][CH2]CCC. The van der Waals surface area contributed by atoms with Crippen LogP contribution in [0.3, 0.4) is 0 Å². The summed E-state index contributed by atoms with van der Waals surface area (Å²) < 4.78 is 3.25. The Morgan fingerprint density at radius 3 is 1.48 bits per heavy atom. The fourth-order valence-electron chi connectivity index (χ4n) is 1.63. The Morgan fingerprint density at radius 1 is 0.810 bits per heavy atom. The van der Waals surface area contributed by atoms with Crippen molar-refractivity contribution in [1.29, 1.82) is 0 Å². The summed E-state index contributed by atoms with van der Waals surface area (Å²) in [4.78, 5) is 0. The molecule has 126 valence electrons. The fraction of sp³-hybridized carbons (Fsp3) is 0.941. The molecular formula is C17H36OS2Sn. The van der Waals surface area contributed by atoms with Crippen molar-refractivity contribution in [2.75, 3.05) is 11.5 Å². The van der Waals surface area contributed by atoms with Gasteiger partial charge in [-0.15, -0.1) is 23.7 Å². The maximum absolute atomic E-state index is 11.0. The van der Waals surface area contributed by atoms with E-state index in [9.17, 15) is 5.11 Å². The summed E-state index contributed by atoms with van der Waals surface area (Å²) in [5.41, 5.74) is 0. The third-order valence-corrected chi connectivity index (χ3v) is 9.92. The molecule has 0 aromatic heterocycles. The van der Waals surface area contributed by atoms with Gasteiger partial charge in [0.2, 0.25) is 0 Å². The van der Waals surface area contributed by atoms with Crippen LogP contribution in [0.1, 0.15) is 79.1 Å². The van der Waals surface area contributed by atoms with Gasteiger partial charge in [0.25, 0.3) is 0 Å². The van der Waals surface area contributed by atoms with Crippen LogP contribution in [0.25, 0.3) is 0 Å². The molecule has 0 amide bonds. The van der Waals surface area contributed by atoms with E-state index in [0.29, 0.717) is 0 Å². The van der Waals surface area contributed by atoms with Gasteiger partial charge in [-0.3, -0.25) is 0 Å². The maximum atomic E-state index is 11.0. The van der Waals surface area contributed by atoms with Crippen LogP contribution in [0, 0.1) is 0 Å². The zero-order valence-electron chi connectivity index (χ0n) is 14.7. The molecule has 0 atom stereocenters. The molecule has 0 aliphatic heterocycles. The molecule has 0 N–H and O–H groups in total. The molecule has 4 heteroatoms. The summed E-state index contributed by atoms with van der Waals surface area (Å²) in [6, 6.07) is 0. The van der Waals surface area contributed by atoms with Gasteiger partial charge in [-0.25, -0.2) is 0 Å². The number of thiocarbonyl (C=S) groups is 1. The van der Waals surface area contributed by atoms with Crippen molar-refractivity contribution in [3.8, 4) is 0 Å². The predicted octanol–water partition coefficient (Wildman–Crippen LogP) is 4.98. The normalized spacial score (nSPS) is 10.4. The van der Waals surface area contributed by atoms with E-state index < -0.39 is 0 Å². The van der Waals surface area contributed by atoms with Crippen LogP contribution < -0.4 is 5.11 Å². The quantitative estimate of drug-likeness (QED) is 0.185. The second-order valence-corrected chi connectivity index (χ2v) is 12.4. The Labute approximate surface area is 152 Å². The van der Waals surface area contributed by atoms with Crippen LogP contribution in [0.2, 0.25) is 8.87 Å². The number of unbranched alkanes of at least 4 members (excludes halogenated alkanes) is 4. The second-order valence-electron chi connectivity index (χ2n) is 5.32. The average Bonchev–Trinajstić information content (AvgIpc) is 2.47.